The van der Waals surface area contributed by atoms with Crippen molar-refractivity contribution in [1.82, 2.24) is 29.7 Å². The fourth-order valence-corrected chi connectivity index (χ4v) is 4.76. The van der Waals surface area contributed by atoms with Crippen molar-refractivity contribution >= 4 is 22.8 Å². The topological polar surface area (TPSA) is 105 Å². The second kappa shape index (κ2) is 11.1. The van der Waals surface area contributed by atoms with Crippen LogP contribution < -0.4 is 10.2 Å². The van der Waals surface area contributed by atoms with E-state index in [4.69, 9.17) is 9.97 Å². The van der Waals surface area contributed by atoms with Gasteiger partial charge >= 0.3 is 0 Å². The van der Waals surface area contributed by atoms with Crippen LogP contribution in [0.15, 0.2) is 97.3 Å². The molecule has 0 bridgehead atoms. The number of nitrogens with one attached hydrogen (secondary N) is 1. The molecule has 9 heteroatoms. The lowest BCUT2D eigenvalue weighted by Crippen LogP contribution is -2.11. The number of aromatic nitrogens is 6. The van der Waals surface area contributed by atoms with Crippen molar-refractivity contribution in [3.05, 3.63) is 108 Å². The first kappa shape index (κ1) is 26.1. The van der Waals surface area contributed by atoms with E-state index in [1.165, 1.54) is 0 Å². The number of aliphatic hydroxyl groups excluding tert-OH is 1. The number of anilines is 2. The average molecular weight is 543 g/mol. The number of rotatable bonds is 8. The molecule has 0 aliphatic carbocycles. The number of aliphatic hydroxyl groups is 1. The van der Waals surface area contributed by atoms with Gasteiger partial charge in [0.15, 0.2) is 5.82 Å². The van der Waals surface area contributed by atoms with Gasteiger partial charge in [0.1, 0.15) is 12.1 Å². The third kappa shape index (κ3) is 5.35. The zero-order valence-electron chi connectivity index (χ0n) is 23.1. The van der Waals surface area contributed by atoms with Gasteiger partial charge in [0.25, 0.3) is 0 Å². The van der Waals surface area contributed by atoms with Crippen LogP contribution in [0.5, 0.6) is 0 Å². The monoisotopic (exact) mass is 542 g/mol. The van der Waals surface area contributed by atoms with Crippen molar-refractivity contribution in [3.8, 4) is 28.3 Å². The Kier molecular flexibility index (Phi) is 7.09. The fourth-order valence-electron chi connectivity index (χ4n) is 4.76. The summed E-state index contributed by atoms with van der Waals surface area (Å²) in [5.41, 5.74) is 6.88. The number of benzene rings is 3. The molecule has 3 aromatic heterocycles. The lowest BCUT2D eigenvalue weighted by molar-refractivity contribution is 0.282. The average Bonchev–Trinajstić information content (AvgIpc) is 3.45. The van der Waals surface area contributed by atoms with E-state index in [1.54, 1.807) is 6.33 Å². The maximum Gasteiger partial charge on any atom is 0.225 e. The Morgan fingerprint density at radius 3 is 2.41 bits per heavy atom. The van der Waals surface area contributed by atoms with Crippen LogP contribution in [0.3, 0.4) is 0 Å². The predicted octanol–water partition coefficient (Wildman–Crippen LogP) is 5.67. The molecule has 41 heavy (non-hydrogen) atoms. The molecular weight excluding hydrogens is 512 g/mol. The highest BCUT2D eigenvalue weighted by atomic mass is 16.3. The first-order valence-electron chi connectivity index (χ1n) is 13.4. The summed E-state index contributed by atoms with van der Waals surface area (Å²) in [6.07, 6.45) is 1.77. The van der Waals surface area contributed by atoms with Crippen molar-refractivity contribution in [3.63, 3.8) is 0 Å². The quantitative estimate of drug-likeness (QED) is 0.253. The zero-order chi connectivity index (χ0) is 28.3. The van der Waals surface area contributed by atoms with Crippen LogP contribution in [0.2, 0.25) is 0 Å². The summed E-state index contributed by atoms with van der Waals surface area (Å²) in [6, 6.07) is 29.7. The van der Waals surface area contributed by atoms with E-state index in [0.29, 0.717) is 17.5 Å². The first-order chi connectivity index (χ1) is 20.0. The van der Waals surface area contributed by atoms with E-state index in [0.717, 1.165) is 44.8 Å². The van der Waals surface area contributed by atoms with Crippen LogP contribution in [-0.2, 0) is 6.61 Å². The summed E-state index contributed by atoms with van der Waals surface area (Å²) < 4.78 is 1.95. The Bertz CT molecular complexity index is 1800. The van der Waals surface area contributed by atoms with Crippen molar-refractivity contribution in [2.24, 2.45) is 0 Å². The molecule has 0 amide bonds. The molecule has 9 nitrogen and oxygen atoms in total. The van der Waals surface area contributed by atoms with Gasteiger partial charge in [-0.25, -0.2) is 9.97 Å². The number of hydrogen-bond donors (Lipinski definition) is 2. The van der Waals surface area contributed by atoms with Crippen molar-refractivity contribution in [2.75, 3.05) is 24.3 Å². The van der Waals surface area contributed by atoms with E-state index in [9.17, 15) is 5.11 Å². The molecule has 0 fully saturated rings. The van der Waals surface area contributed by atoms with Crippen molar-refractivity contribution in [1.29, 1.82) is 0 Å². The minimum absolute atomic E-state index is 0.0190. The molecule has 0 aliphatic heterocycles. The van der Waals surface area contributed by atoms with Gasteiger partial charge in [-0.05, 0) is 42.3 Å². The highest BCUT2D eigenvalue weighted by molar-refractivity contribution is 5.83. The zero-order valence-corrected chi connectivity index (χ0v) is 23.1. The standard InChI is InChI=1S/C32H30N8O/c1-21(22-9-5-4-6-10-22)34-32-35-27(25-12-8-7-11-24(25)19-41)18-31(36-32)40-20-33-28-17-23(13-15-29(28)40)26-14-16-30(38-37-26)39(2)3/h4-18,20-21,41H,19H2,1-3H3,(H,34,35,36)/t21-/m0/s1. The summed E-state index contributed by atoms with van der Waals surface area (Å²) in [5.74, 6) is 1.94. The molecule has 0 aliphatic rings. The van der Waals surface area contributed by atoms with Crippen LogP contribution in [0.25, 0.3) is 39.4 Å². The number of fused-ring (bicyclic) bond motifs is 1. The molecule has 0 saturated heterocycles. The normalized spacial score (nSPS) is 11.9. The van der Waals surface area contributed by atoms with Crippen LogP contribution in [0.4, 0.5) is 11.8 Å². The first-order valence-corrected chi connectivity index (χ1v) is 13.4. The summed E-state index contributed by atoms with van der Waals surface area (Å²) >= 11 is 0. The van der Waals surface area contributed by atoms with Gasteiger partial charge in [0, 0.05) is 31.3 Å². The number of nitrogens with zero attached hydrogens (tertiary/aromatic N) is 7. The largest absolute Gasteiger partial charge is 0.392 e. The Labute approximate surface area is 238 Å². The molecule has 0 radical (unpaired) electrons. The number of hydrogen-bond acceptors (Lipinski definition) is 8. The minimum atomic E-state index is -0.0894. The maximum atomic E-state index is 10.0. The SMILES string of the molecule is C[C@H](Nc1nc(-c2ccccc2CO)cc(-n2cnc3cc(-c4ccc(N(C)C)nn4)ccc32)n1)c1ccccc1. The Morgan fingerprint density at radius 2 is 1.66 bits per heavy atom. The van der Waals surface area contributed by atoms with Gasteiger partial charge < -0.3 is 15.3 Å². The Hall–Kier alpha value is -5.15. The third-order valence-electron chi connectivity index (χ3n) is 7.02. The molecule has 0 unspecified atom stereocenters. The highest BCUT2D eigenvalue weighted by Gasteiger charge is 2.16. The molecule has 3 aromatic carbocycles. The van der Waals surface area contributed by atoms with E-state index in [-0.39, 0.29) is 12.6 Å². The minimum Gasteiger partial charge on any atom is -0.392 e. The van der Waals surface area contributed by atoms with E-state index < -0.39 is 0 Å². The van der Waals surface area contributed by atoms with Gasteiger partial charge in [-0.3, -0.25) is 4.57 Å². The van der Waals surface area contributed by atoms with Gasteiger partial charge in [0.2, 0.25) is 5.95 Å². The molecule has 0 saturated carbocycles. The molecule has 204 valence electrons. The van der Waals surface area contributed by atoms with Crippen LogP contribution in [0.1, 0.15) is 24.1 Å². The van der Waals surface area contributed by atoms with Crippen molar-refractivity contribution < 1.29 is 5.11 Å². The highest BCUT2D eigenvalue weighted by Crippen LogP contribution is 2.29. The third-order valence-corrected chi connectivity index (χ3v) is 7.02. The van der Waals surface area contributed by atoms with Gasteiger partial charge in [0.05, 0.1) is 35.1 Å². The molecule has 6 aromatic rings. The molecular formula is C32H30N8O. The lowest BCUT2D eigenvalue weighted by Gasteiger charge is -2.17. The van der Waals surface area contributed by atoms with E-state index in [1.807, 2.05) is 102 Å². The smallest absolute Gasteiger partial charge is 0.225 e. The van der Waals surface area contributed by atoms with Gasteiger partial charge in [-0.1, -0.05) is 60.7 Å². The molecule has 3 heterocycles. The fraction of sp³-hybridized carbons (Fsp3) is 0.156. The summed E-state index contributed by atoms with van der Waals surface area (Å²) in [4.78, 5) is 16.3. The maximum absolute atomic E-state index is 10.0. The van der Waals surface area contributed by atoms with Crippen LogP contribution in [0, 0.1) is 0 Å². The van der Waals surface area contributed by atoms with Gasteiger partial charge in [-0.2, -0.15) is 4.98 Å². The van der Waals surface area contributed by atoms with Gasteiger partial charge in [-0.15, -0.1) is 10.2 Å². The second-order valence-corrected chi connectivity index (χ2v) is 10.0. The van der Waals surface area contributed by atoms with Crippen molar-refractivity contribution in [2.45, 2.75) is 19.6 Å². The van der Waals surface area contributed by atoms with E-state index >= 15 is 0 Å². The molecule has 0 spiro atoms. The lowest BCUT2D eigenvalue weighted by atomic mass is 10.0. The van der Waals surface area contributed by atoms with Crippen LogP contribution >= 0.6 is 0 Å². The summed E-state index contributed by atoms with van der Waals surface area (Å²) in [7, 11) is 3.87. The van der Waals surface area contributed by atoms with E-state index in [2.05, 4.69) is 39.6 Å². The molecule has 2 N–H and O–H groups in total. The summed E-state index contributed by atoms with van der Waals surface area (Å²) in [5, 5.41) is 22.2. The Morgan fingerprint density at radius 1 is 0.854 bits per heavy atom. The Balaban J connectivity index is 1.42. The van der Waals surface area contributed by atoms with Crippen LogP contribution in [-0.4, -0.2) is 48.9 Å². The summed E-state index contributed by atoms with van der Waals surface area (Å²) in [6.45, 7) is 1.99. The molecule has 1 atom stereocenters. The second-order valence-electron chi connectivity index (χ2n) is 10.0. The predicted molar refractivity (Wildman–Crippen MR) is 162 cm³/mol. The molecule has 6 rings (SSSR count). The number of imidazole rings is 1.